The lowest BCUT2D eigenvalue weighted by Gasteiger charge is -2.23. The zero-order valence-corrected chi connectivity index (χ0v) is 11.0. The lowest BCUT2D eigenvalue weighted by atomic mass is 10.3. The van der Waals surface area contributed by atoms with Crippen molar-refractivity contribution >= 4 is 34.3 Å². The highest BCUT2D eigenvalue weighted by Gasteiger charge is 2.26. The van der Waals surface area contributed by atoms with E-state index in [1.54, 1.807) is 0 Å². The van der Waals surface area contributed by atoms with Crippen molar-refractivity contribution in [1.29, 1.82) is 0 Å². The van der Waals surface area contributed by atoms with E-state index in [9.17, 15) is 9.50 Å². The number of allylic oxidation sites excluding steroid dienone is 2. The monoisotopic (exact) mass is 314 g/mol. The zero-order valence-electron chi connectivity index (χ0n) is 10.2. The van der Waals surface area contributed by atoms with Gasteiger partial charge in [0.15, 0.2) is 23.7 Å². The van der Waals surface area contributed by atoms with Gasteiger partial charge in [-0.15, -0.1) is 5.06 Å². The highest BCUT2D eigenvalue weighted by Crippen LogP contribution is 2.30. The Kier molecular flexibility index (Phi) is 3.03. The van der Waals surface area contributed by atoms with Crippen LogP contribution in [0.25, 0.3) is 16.9 Å². The average molecular weight is 315 g/mol. The smallest absolute Gasteiger partial charge is 0.262 e. The lowest BCUT2D eigenvalue weighted by Crippen LogP contribution is -2.26. The second-order valence-corrected chi connectivity index (χ2v) is 4.27. The Labute approximate surface area is 121 Å². The molecule has 110 valence electrons. The number of aliphatic hydroxyl groups is 2. The van der Waals surface area contributed by atoms with E-state index in [0.29, 0.717) is 5.06 Å². The predicted octanol–water partition coefficient (Wildman–Crippen LogP) is 0.754. The Hall–Kier alpha value is -2.59. The standard InChI is InChI=1S/C10H8ClFN6O3/c11-10-15-7(13)6-8(16-10)17(2-14-6)4-1-21-18(3-19)9(20)5(4)12/h1-2,19-20H,3H2,(H2,13,15,16). The van der Waals surface area contributed by atoms with Gasteiger partial charge in [0.1, 0.15) is 18.3 Å². The van der Waals surface area contributed by atoms with Gasteiger partial charge in [-0.2, -0.15) is 14.4 Å². The molecule has 0 radical (unpaired) electrons. The molecule has 1 aliphatic heterocycles. The number of aliphatic hydroxyl groups excluding tert-OH is 2. The van der Waals surface area contributed by atoms with Crippen molar-refractivity contribution in [2.24, 2.45) is 0 Å². The van der Waals surface area contributed by atoms with Crippen LogP contribution in [-0.2, 0) is 4.84 Å². The second-order valence-electron chi connectivity index (χ2n) is 3.93. The maximum absolute atomic E-state index is 14.1. The van der Waals surface area contributed by atoms with E-state index in [4.69, 9.17) is 27.3 Å². The van der Waals surface area contributed by atoms with Crippen molar-refractivity contribution in [3.8, 4) is 0 Å². The molecular weight excluding hydrogens is 307 g/mol. The van der Waals surface area contributed by atoms with E-state index in [1.807, 2.05) is 0 Å². The molecule has 3 rings (SSSR count). The number of anilines is 1. The second kappa shape index (κ2) is 4.75. The molecular formula is C10H8ClFN6O3. The fourth-order valence-corrected chi connectivity index (χ4v) is 1.94. The fourth-order valence-electron chi connectivity index (χ4n) is 1.77. The Morgan fingerprint density at radius 1 is 1.43 bits per heavy atom. The Morgan fingerprint density at radius 3 is 2.90 bits per heavy atom. The molecule has 0 spiro atoms. The summed E-state index contributed by atoms with van der Waals surface area (Å²) in [5.41, 5.74) is 5.82. The highest BCUT2D eigenvalue weighted by molar-refractivity contribution is 6.28. The summed E-state index contributed by atoms with van der Waals surface area (Å²) < 4.78 is 15.3. The first kappa shape index (κ1) is 13.4. The molecule has 0 amide bonds. The van der Waals surface area contributed by atoms with Crippen LogP contribution in [0.2, 0.25) is 5.28 Å². The van der Waals surface area contributed by atoms with Crippen LogP contribution in [0, 0.1) is 0 Å². The van der Waals surface area contributed by atoms with E-state index >= 15 is 0 Å². The molecule has 1 aliphatic rings. The van der Waals surface area contributed by atoms with Crippen LogP contribution in [0.3, 0.4) is 0 Å². The first-order valence-electron chi connectivity index (χ1n) is 5.53. The topological polar surface area (TPSA) is 123 Å². The zero-order chi connectivity index (χ0) is 15.1. The van der Waals surface area contributed by atoms with E-state index < -0.39 is 18.4 Å². The molecule has 0 aliphatic carbocycles. The van der Waals surface area contributed by atoms with Gasteiger partial charge >= 0.3 is 0 Å². The van der Waals surface area contributed by atoms with Crippen LogP contribution in [0.4, 0.5) is 10.2 Å². The average Bonchev–Trinajstić information content (AvgIpc) is 2.86. The van der Waals surface area contributed by atoms with Crippen LogP contribution in [-0.4, -0.2) is 41.5 Å². The minimum Gasteiger partial charge on any atom is -0.491 e. The van der Waals surface area contributed by atoms with Gasteiger partial charge in [-0.05, 0) is 11.6 Å². The molecule has 0 atom stereocenters. The van der Waals surface area contributed by atoms with Crippen molar-refractivity contribution in [1.82, 2.24) is 24.6 Å². The number of aromatic nitrogens is 4. The third-order valence-corrected chi connectivity index (χ3v) is 2.90. The molecule has 0 bridgehead atoms. The summed E-state index contributed by atoms with van der Waals surface area (Å²) in [6.07, 6.45) is 2.20. The summed E-state index contributed by atoms with van der Waals surface area (Å²) >= 11 is 5.71. The van der Waals surface area contributed by atoms with Gasteiger partial charge in [0.2, 0.25) is 11.1 Å². The van der Waals surface area contributed by atoms with Gasteiger partial charge in [-0.1, -0.05) is 0 Å². The van der Waals surface area contributed by atoms with Gasteiger partial charge in [0.25, 0.3) is 5.88 Å². The third-order valence-electron chi connectivity index (χ3n) is 2.73. The van der Waals surface area contributed by atoms with Gasteiger partial charge in [0, 0.05) is 0 Å². The molecule has 2 aromatic rings. The first-order valence-corrected chi connectivity index (χ1v) is 5.91. The van der Waals surface area contributed by atoms with Gasteiger partial charge in [-0.25, -0.2) is 4.98 Å². The summed E-state index contributed by atoms with van der Waals surface area (Å²) in [4.78, 5) is 16.5. The van der Waals surface area contributed by atoms with Crippen molar-refractivity contribution in [3.05, 3.63) is 29.6 Å². The summed E-state index contributed by atoms with van der Waals surface area (Å²) in [5, 5.41) is 18.9. The molecule has 21 heavy (non-hydrogen) atoms. The fraction of sp³-hybridized carbons (Fsp3) is 0.100. The van der Waals surface area contributed by atoms with Crippen LogP contribution in [0.5, 0.6) is 0 Å². The number of halogens is 2. The minimum atomic E-state index is -1.04. The number of rotatable bonds is 2. The lowest BCUT2D eigenvalue weighted by molar-refractivity contribution is -0.154. The van der Waals surface area contributed by atoms with Crippen LogP contribution >= 0.6 is 11.6 Å². The Morgan fingerprint density at radius 2 is 2.19 bits per heavy atom. The quantitative estimate of drug-likeness (QED) is 0.694. The largest absolute Gasteiger partial charge is 0.491 e. The molecule has 3 heterocycles. The maximum atomic E-state index is 14.1. The highest BCUT2D eigenvalue weighted by atomic mass is 35.5. The summed E-state index contributed by atoms with van der Waals surface area (Å²) in [7, 11) is 0. The van der Waals surface area contributed by atoms with E-state index in [0.717, 1.165) is 6.26 Å². The van der Waals surface area contributed by atoms with Crippen LogP contribution < -0.4 is 5.73 Å². The van der Waals surface area contributed by atoms with Gasteiger partial charge in [0.05, 0.1) is 0 Å². The molecule has 9 nitrogen and oxygen atoms in total. The number of nitrogen functional groups attached to an aromatic ring is 1. The molecule has 0 aromatic carbocycles. The molecule has 0 fully saturated rings. The molecule has 0 saturated heterocycles. The van der Waals surface area contributed by atoms with Crippen molar-refractivity contribution in [2.45, 2.75) is 0 Å². The van der Waals surface area contributed by atoms with Crippen LogP contribution in [0.15, 0.2) is 24.3 Å². The maximum Gasteiger partial charge on any atom is 0.262 e. The van der Waals surface area contributed by atoms with Gasteiger partial charge in [-0.3, -0.25) is 4.57 Å². The van der Waals surface area contributed by atoms with E-state index in [-0.39, 0.29) is 28.0 Å². The number of fused-ring (bicyclic) bond motifs is 1. The van der Waals surface area contributed by atoms with Crippen molar-refractivity contribution in [3.63, 3.8) is 0 Å². The normalized spacial score (nSPS) is 15.4. The summed E-state index contributed by atoms with van der Waals surface area (Å²) in [6.45, 7) is -0.728. The predicted molar refractivity (Wildman–Crippen MR) is 69.8 cm³/mol. The third kappa shape index (κ3) is 2.00. The molecule has 0 unspecified atom stereocenters. The van der Waals surface area contributed by atoms with Crippen molar-refractivity contribution < 1.29 is 19.4 Å². The van der Waals surface area contributed by atoms with Crippen LogP contribution in [0.1, 0.15) is 0 Å². The Balaban J connectivity index is 2.16. The Bertz CT molecular complexity index is 788. The first-order chi connectivity index (χ1) is 10.0. The van der Waals surface area contributed by atoms with Gasteiger partial charge < -0.3 is 20.8 Å². The summed E-state index contributed by atoms with van der Waals surface area (Å²) in [6, 6.07) is 0. The number of nitrogens with zero attached hydrogens (tertiary/aromatic N) is 5. The van der Waals surface area contributed by atoms with Crippen molar-refractivity contribution in [2.75, 3.05) is 12.5 Å². The van der Waals surface area contributed by atoms with E-state index in [2.05, 4.69) is 15.0 Å². The summed E-state index contributed by atoms with van der Waals surface area (Å²) in [5.74, 6) is -1.89. The SMILES string of the molecule is Nc1nc(Cl)nc2c1ncn2C1=CON(CO)C(O)=C1F. The number of nitrogens with two attached hydrogens (primary N) is 1. The number of imidazole rings is 1. The molecule has 11 heteroatoms. The molecule has 2 aromatic heterocycles. The number of hydroxylamine groups is 2. The molecule has 4 N–H and O–H groups in total. The number of hydrogen-bond donors (Lipinski definition) is 3. The minimum absolute atomic E-state index is 0.0340. The van der Waals surface area contributed by atoms with E-state index in [1.165, 1.54) is 10.9 Å². The molecule has 0 saturated carbocycles. The number of hydrogen-bond acceptors (Lipinski definition) is 8.